The zero-order valence-corrected chi connectivity index (χ0v) is 9.69. The fourth-order valence-corrected chi connectivity index (χ4v) is 1.55. The van der Waals surface area contributed by atoms with Crippen molar-refractivity contribution in [2.45, 2.75) is 46.0 Å². The fraction of sp³-hybridized carbons (Fsp3) is 0.900. The standard InChI is InChI=1S/C10H19BrO/c1-9(2)8-10(12)6-4-3-5-7-11/h9H,3-8H2,1-2H3. The van der Waals surface area contributed by atoms with Gasteiger partial charge in [0.15, 0.2) is 0 Å². The zero-order chi connectivity index (χ0) is 9.40. The summed E-state index contributed by atoms with van der Waals surface area (Å²) in [5.41, 5.74) is 0. The summed E-state index contributed by atoms with van der Waals surface area (Å²) in [6, 6.07) is 0. The van der Waals surface area contributed by atoms with Crippen molar-refractivity contribution in [1.82, 2.24) is 0 Å². The van der Waals surface area contributed by atoms with Crippen LogP contribution in [-0.4, -0.2) is 11.1 Å². The number of carbonyl (C=O) groups is 1. The summed E-state index contributed by atoms with van der Waals surface area (Å²) in [6.45, 7) is 4.19. The summed E-state index contributed by atoms with van der Waals surface area (Å²) in [5, 5.41) is 1.06. The Morgan fingerprint density at radius 3 is 2.42 bits per heavy atom. The molecule has 0 aromatic heterocycles. The number of rotatable bonds is 7. The summed E-state index contributed by atoms with van der Waals surface area (Å²) in [7, 11) is 0. The number of halogens is 1. The van der Waals surface area contributed by atoms with E-state index in [1.807, 2.05) is 0 Å². The van der Waals surface area contributed by atoms with Crippen molar-refractivity contribution in [1.29, 1.82) is 0 Å². The second kappa shape index (κ2) is 7.78. The number of hydrogen-bond acceptors (Lipinski definition) is 1. The van der Waals surface area contributed by atoms with Gasteiger partial charge in [-0.1, -0.05) is 36.2 Å². The molecule has 0 aliphatic carbocycles. The molecule has 0 spiro atoms. The van der Waals surface area contributed by atoms with E-state index in [2.05, 4.69) is 29.8 Å². The maximum absolute atomic E-state index is 11.2. The van der Waals surface area contributed by atoms with Crippen molar-refractivity contribution in [2.24, 2.45) is 5.92 Å². The lowest BCUT2D eigenvalue weighted by atomic mass is 10.0. The van der Waals surface area contributed by atoms with Crippen molar-refractivity contribution < 1.29 is 4.79 Å². The third kappa shape index (κ3) is 8.25. The topological polar surface area (TPSA) is 17.1 Å². The van der Waals surface area contributed by atoms with Gasteiger partial charge >= 0.3 is 0 Å². The van der Waals surface area contributed by atoms with E-state index in [1.165, 1.54) is 12.8 Å². The maximum Gasteiger partial charge on any atom is 0.133 e. The van der Waals surface area contributed by atoms with E-state index in [4.69, 9.17) is 0 Å². The quantitative estimate of drug-likeness (QED) is 0.487. The lowest BCUT2D eigenvalue weighted by molar-refractivity contribution is -0.119. The molecular formula is C10H19BrO. The first kappa shape index (κ1) is 12.2. The van der Waals surface area contributed by atoms with Crippen LogP contribution in [0.1, 0.15) is 46.0 Å². The Kier molecular flexibility index (Phi) is 7.88. The van der Waals surface area contributed by atoms with Crippen molar-refractivity contribution in [3.05, 3.63) is 0 Å². The third-order valence-electron chi connectivity index (χ3n) is 1.73. The van der Waals surface area contributed by atoms with E-state index in [0.717, 1.165) is 24.6 Å². The molecular weight excluding hydrogens is 216 g/mol. The van der Waals surface area contributed by atoms with Gasteiger partial charge in [-0.2, -0.15) is 0 Å². The highest BCUT2D eigenvalue weighted by molar-refractivity contribution is 9.09. The van der Waals surface area contributed by atoms with Crippen LogP contribution in [0, 0.1) is 5.92 Å². The van der Waals surface area contributed by atoms with E-state index in [1.54, 1.807) is 0 Å². The molecule has 0 unspecified atom stereocenters. The molecule has 12 heavy (non-hydrogen) atoms. The SMILES string of the molecule is CC(C)CC(=O)CCCCCBr. The van der Waals surface area contributed by atoms with E-state index >= 15 is 0 Å². The first-order valence-corrected chi connectivity index (χ1v) is 5.86. The van der Waals surface area contributed by atoms with Crippen LogP contribution in [0.3, 0.4) is 0 Å². The van der Waals surface area contributed by atoms with Crippen LogP contribution >= 0.6 is 15.9 Å². The van der Waals surface area contributed by atoms with Gasteiger partial charge in [-0.15, -0.1) is 0 Å². The predicted molar refractivity (Wildman–Crippen MR) is 56.7 cm³/mol. The minimum atomic E-state index is 0.430. The summed E-state index contributed by atoms with van der Waals surface area (Å²) >= 11 is 3.37. The lowest BCUT2D eigenvalue weighted by Gasteiger charge is -2.02. The van der Waals surface area contributed by atoms with Crippen molar-refractivity contribution in [2.75, 3.05) is 5.33 Å². The number of carbonyl (C=O) groups excluding carboxylic acids is 1. The van der Waals surface area contributed by atoms with Crippen LogP contribution in [0.5, 0.6) is 0 Å². The van der Waals surface area contributed by atoms with Gasteiger partial charge in [-0.3, -0.25) is 4.79 Å². The molecule has 72 valence electrons. The van der Waals surface area contributed by atoms with Gasteiger partial charge in [0.2, 0.25) is 0 Å². The number of hydrogen-bond donors (Lipinski definition) is 0. The van der Waals surface area contributed by atoms with Gasteiger partial charge in [0.1, 0.15) is 5.78 Å². The van der Waals surface area contributed by atoms with Crippen molar-refractivity contribution >= 4 is 21.7 Å². The summed E-state index contributed by atoms with van der Waals surface area (Å²) < 4.78 is 0. The minimum Gasteiger partial charge on any atom is -0.300 e. The highest BCUT2D eigenvalue weighted by atomic mass is 79.9. The lowest BCUT2D eigenvalue weighted by Crippen LogP contribution is -2.02. The van der Waals surface area contributed by atoms with E-state index in [9.17, 15) is 4.79 Å². The molecule has 0 fully saturated rings. The molecule has 0 aliphatic heterocycles. The number of unbranched alkanes of at least 4 members (excludes halogenated alkanes) is 2. The van der Waals surface area contributed by atoms with E-state index in [-0.39, 0.29) is 0 Å². The average molecular weight is 235 g/mol. The molecule has 0 aliphatic rings. The molecule has 0 radical (unpaired) electrons. The number of ketones is 1. The normalized spacial score (nSPS) is 10.7. The van der Waals surface area contributed by atoms with Crippen LogP contribution in [0.15, 0.2) is 0 Å². The first-order valence-electron chi connectivity index (χ1n) is 4.74. The second-order valence-corrected chi connectivity index (χ2v) is 4.43. The molecule has 0 N–H and O–H groups in total. The van der Waals surface area contributed by atoms with Crippen LogP contribution in [-0.2, 0) is 4.79 Å². The van der Waals surface area contributed by atoms with Crippen LogP contribution in [0.25, 0.3) is 0 Å². The van der Waals surface area contributed by atoms with E-state index in [0.29, 0.717) is 11.7 Å². The Hall–Kier alpha value is 0.150. The molecule has 2 heteroatoms. The van der Waals surface area contributed by atoms with Crippen molar-refractivity contribution in [3.63, 3.8) is 0 Å². The molecule has 0 heterocycles. The average Bonchev–Trinajstić information content (AvgIpc) is 1.97. The monoisotopic (exact) mass is 234 g/mol. The number of alkyl halides is 1. The Morgan fingerprint density at radius 2 is 1.92 bits per heavy atom. The van der Waals surface area contributed by atoms with Crippen LogP contribution < -0.4 is 0 Å². The van der Waals surface area contributed by atoms with Crippen LogP contribution in [0.4, 0.5) is 0 Å². The molecule has 0 atom stereocenters. The summed E-state index contributed by atoms with van der Waals surface area (Å²) in [4.78, 5) is 11.2. The Morgan fingerprint density at radius 1 is 1.25 bits per heavy atom. The van der Waals surface area contributed by atoms with E-state index < -0.39 is 0 Å². The molecule has 0 saturated heterocycles. The highest BCUT2D eigenvalue weighted by Gasteiger charge is 2.03. The molecule has 0 aromatic carbocycles. The highest BCUT2D eigenvalue weighted by Crippen LogP contribution is 2.07. The molecule has 0 saturated carbocycles. The van der Waals surface area contributed by atoms with Gasteiger partial charge in [0.25, 0.3) is 0 Å². The molecule has 0 rings (SSSR count). The zero-order valence-electron chi connectivity index (χ0n) is 8.11. The molecule has 0 aromatic rings. The smallest absolute Gasteiger partial charge is 0.133 e. The molecule has 0 bridgehead atoms. The first-order chi connectivity index (χ1) is 5.66. The second-order valence-electron chi connectivity index (χ2n) is 3.64. The Balaban J connectivity index is 3.20. The maximum atomic E-state index is 11.2. The summed E-state index contributed by atoms with van der Waals surface area (Å²) in [6.07, 6.45) is 4.97. The van der Waals surface area contributed by atoms with Gasteiger partial charge in [-0.05, 0) is 18.8 Å². The van der Waals surface area contributed by atoms with Gasteiger partial charge in [0.05, 0.1) is 0 Å². The van der Waals surface area contributed by atoms with Gasteiger partial charge in [0, 0.05) is 18.2 Å². The Labute approximate surface area is 84.1 Å². The number of Topliss-reactive ketones (excluding diaryl/α,β-unsaturated/α-hetero) is 1. The third-order valence-corrected chi connectivity index (χ3v) is 2.29. The van der Waals surface area contributed by atoms with Gasteiger partial charge < -0.3 is 0 Å². The van der Waals surface area contributed by atoms with Gasteiger partial charge in [-0.25, -0.2) is 0 Å². The largest absolute Gasteiger partial charge is 0.300 e. The fourth-order valence-electron chi connectivity index (χ4n) is 1.15. The minimum absolute atomic E-state index is 0.430. The molecule has 1 nitrogen and oxygen atoms in total. The van der Waals surface area contributed by atoms with Crippen LogP contribution in [0.2, 0.25) is 0 Å². The predicted octanol–water partition coefficient (Wildman–Crippen LogP) is 3.56. The Bertz CT molecular complexity index is 121. The van der Waals surface area contributed by atoms with Crippen molar-refractivity contribution in [3.8, 4) is 0 Å². The summed E-state index contributed by atoms with van der Waals surface area (Å²) in [5.74, 6) is 0.952. The molecule has 0 amide bonds.